The first kappa shape index (κ1) is 21.5. The van der Waals surface area contributed by atoms with Gasteiger partial charge in [-0.25, -0.2) is 4.39 Å². The summed E-state index contributed by atoms with van der Waals surface area (Å²) in [6, 6.07) is 6.50. The van der Waals surface area contributed by atoms with E-state index in [0.29, 0.717) is 32.1 Å². The molecule has 8 heteroatoms. The monoisotopic (exact) mass is 388 g/mol. The van der Waals surface area contributed by atoms with E-state index in [1.54, 1.807) is 13.1 Å². The van der Waals surface area contributed by atoms with Crippen molar-refractivity contribution in [3.8, 4) is 0 Å². The number of alkyl halides is 3. The fraction of sp³-hybridized carbons (Fsp3) is 0.632. The molecule has 0 aliphatic carbocycles. The highest BCUT2D eigenvalue weighted by atomic mass is 19.4. The van der Waals surface area contributed by atoms with Crippen LogP contribution in [0.2, 0.25) is 0 Å². The van der Waals surface area contributed by atoms with Crippen LogP contribution in [0.1, 0.15) is 25.8 Å². The van der Waals surface area contributed by atoms with Gasteiger partial charge in [-0.15, -0.1) is 0 Å². The summed E-state index contributed by atoms with van der Waals surface area (Å²) in [4.78, 5) is 5.61. The van der Waals surface area contributed by atoms with Crippen LogP contribution in [0, 0.1) is 11.7 Å². The first-order valence-corrected chi connectivity index (χ1v) is 9.09. The second-order valence-corrected chi connectivity index (χ2v) is 7.71. The van der Waals surface area contributed by atoms with E-state index >= 15 is 0 Å². The first-order chi connectivity index (χ1) is 12.6. The van der Waals surface area contributed by atoms with Crippen molar-refractivity contribution in [2.45, 2.75) is 31.9 Å². The summed E-state index contributed by atoms with van der Waals surface area (Å²) in [6.07, 6.45) is -3.42. The molecule has 2 N–H and O–H groups in total. The molecule has 1 heterocycles. The van der Waals surface area contributed by atoms with Crippen molar-refractivity contribution in [1.82, 2.24) is 15.5 Å². The summed E-state index contributed by atoms with van der Waals surface area (Å²) in [6.45, 7) is 5.17. The average Bonchev–Trinajstić information content (AvgIpc) is 3.00. The number of halogens is 4. The minimum absolute atomic E-state index is 0.155. The van der Waals surface area contributed by atoms with Crippen LogP contribution in [0.15, 0.2) is 29.3 Å². The largest absolute Gasteiger partial charge is 0.401 e. The van der Waals surface area contributed by atoms with Crippen LogP contribution in [-0.2, 0) is 5.41 Å². The number of nitrogens with zero attached hydrogens (tertiary/aromatic N) is 2. The van der Waals surface area contributed by atoms with Crippen molar-refractivity contribution in [2.24, 2.45) is 10.9 Å². The van der Waals surface area contributed by atoms with E-state index in [1.165, 1.54) is 17.0 Å². The lowest BCUT2D eigenvalue weighted by Gasteiger charge is -2.27. The molecule has 0 bridgehead atoms. The molecule has 1 unspecified atom stereocenters. The Balaban J connectivity index is 1.79. The molecule has 0 radical (unpaired) electrons. The second-order valence-electron chi connectivity index (χ2n) is 7.71. The van der Waals surface area contributed by atoms with Crippen molar-refractivity contribution in [2.75, 3.05) is 39.8 Å². The standard InChI is InChI=1S/C19H28F4N4/c1-18(2,15-5-4-6-16(20)9-15)12-26-17(24-3)25-10-14-7-8-27(11-14)13-19(21,22)23/h4-6,9,14H,7-8,10-13H2,1-3H3,(H2,24,25,26). The molecule has 1 atom stereocenters. The number of likely N-dealkylation sites (tertiary alicyclic amines) is 1. The summed E-state index contributed by atoms with van der Waals surface area (Å²) < 4.78 is 50.9. The summed E-state index contributed by atoms with van der Waals surface area (Å²) in [7, 11) is 1.65. The van der Waals surface area contributed by atoms with E-state index in [9.17, 15) is 17.6 Å². The molecule has 1 aromatic rings. The fourth-order valence-corrected chi connectivity index (χ4v) is 3.25. The van der Waals surface area contributed by atoms with Crippen LogP contribution < -0.4 is 10.6 Å². The van der Waals surface area contributed by atoms with Gasteiger partial charge in [0.1, 0.15) is 5.82 Å². The lowest BCUT2D eigenvalue weighted by Crippen LogP contribution is -2.45. The first-order valence-electron chi connectivity index (χ1n) is 9.09. The van der Waals surface area contributed by atoms with Gasteiger partial charge in [-0.2, -0.15) is 13.2 Å². The number of hydrogen-bond donors (Lipinski definition) is 2. The molecule has 1 aliphatic heterocycles. The van der Waals surface area contributed by atoms with E-state index in [4.69, 9.17) is 0 Å². The third-order valence-corrected chi connectivity index (χ3v) is 4.86. The Morgan fingerprint density at radius 3 is 2.63 bits per heavy atom. The molecule has 1 fully saturated rings. The zero-order valence-corrected chi connectivity index (χ0v) is 16.0. The summed E-state index contributed by atoms with van der Waals surface area (Å²) in [5.41, 5.74) is 0.570. The van der Waals surface area contributed by atoms with Crippen LogP contribution in [0.4, 0.5) is 17.6 Å². The quantitative estimate of drug-likeness (QED) is 0.447. The Bertz CT molecular complexity index is 643. The number of nitrogens with one attached hydrogen (secondary N) is 2. The number of hydrogen-bond acceptors (Lipinski definition) is 2. The number of benzene rings is 1. The van der Waals surface area contributed by atoms with Crippen molar-refractivity contribution >= 4 is 5.96 Å². The molecule has 1 saturated heterocycles. The van der Waals surface area contributed by atoms with Gasteiger partial charge < -0.3 is 10.6 Å². The third kappa shape index (κ3) is 7.01. The van der Waals surface area contributed by atoms with Gasteiger partial charge in [0.05, 0.1) is 6.54 Å². The molecule has 0 amide bonds. The van der Waals surface area contributed by atoms with Gasteiger partial charge in [-0.1, -0.05) is 26.0 Å². The fourth-order valence-electron chi connectivity index (χ4n) is 3.25. The molecule has 1 aliphatic rings. The molecule has 27 heavy (non-hydrogen) atoms. The number of aliphatic imine (C=N–C) groups is 1. The van der Waals surface area contributed by atoms with E-state index in [1.807, 2.05) is 19.9 Å². The maximum absolute atomic E-state index is 13.5. The van der Waals surface area contributed by atoms with Crippen molar-refractivity contribution < 1.29 is 17.6 Å². The van der Waals surface area contributed by atoms with Crippen LogP contribution >= 0.6 is 0 Å². The average molecular weight is 388 g/mol. The zero-order chi connectivity index (χ0) is 20.1. The lowest BCUT2D eigenvalue weighted by atomic mass is 9.84. The Morgan fingerprint density at radius 2 is 2.00 bits per heavy atom. The van der Waals surface area contributed by atoms with Gasteiger partial charge in [0.2, 0.25) is 0 Å². The smallest absolute Gasteiger partial charge is 0.356 e. The zero-order valence-electron chi connectivity index (χ0n) is 16.0. The maximum atomic E-state index is 13.5. The summed E-state index contributed by atoms with van der Waals surface area (Å²) in [5, 5.41) is 6.41. The highest BCUT2D eigenvalue weighted by Crippen LogP contribution is 2.23. The summed E-state index contributed by atoms with van der Waals surface area (Å²) >= 11 is 0. The highest BCUT2D eigenvalue weighted by Gasteiger charge is 2.34. The van der Waals surface area contributed by atoms with Crippen LogP contribution in [0.5, 0.6) is 0 Å². The van der Waals surface area contributed by atoms with Crippen molar-refractivity contribution in [3.05, 3.63) is 35.6 Å². The second kappa shape index (κ2) is 8.91. The Kier molecular flexibility index (Phi) is 7.08. The Hall–Kier alpha value is -1.83. The number of guanidine groups is 1. The topological polar surface area (TPSA) is 39.7 Å². The SMILES string of the molecule is CN=C(NCC1CCN(CC(F)(F)F)C1)NCC(C)(C)c1cccc(F)c1. The van der Waals surface area contributed by atoms with Crippen molar-refractivity contribution in [1.29, 1.82) is 0 Å². The third-order valence-electron chi connectivity index (χ3n) is 4.86. The molecule has 4 nitrogen and oxygen atoms in total. The predicted octanol–water partition coefficient (Wildman–Crippen LogP) is 3.15. The minimum Gasteiger partial charge on any atom is -0.356 e. The van der Waals surface area contributed by atoms with Crippen LogP contribution in [0.25, 0.3) is 0 Å². The normalized spacial score (nSPS) is 19.4. The van der Waals surface area contributed by atoms with E-state index in [2.05, 4.69) is 15.6 Å². The molecule has 1 aromatic carbocycles. The van der Waals surface area contributed by atoms with Gasteiger partial charge >= 0.3 is 6.18 Å². The van der Waals surface area contributed by atoms with Crippen molar-refractivity contribution in [3.63, 3.8) is 0 Å². The minimum atomic E-state index is -4.15. The molecule has 152 valence electrons. The van der Waals surface area contributed by atoms with Gasteiger partial charge in [-0.05, 0) is 36.6 Å². The van der Waals surface area contributed by atoms with Gasteiger partial charge in [-0.3, -0.25) is 9.89 Å². The van der Waals surface area contributed by atoms with Crippen LogP contribution in [0.3, 0.4) is 0 Å². The molecule has 0 aromatic heterocycles. The highest BCUT2D eigenvalue weighted by molar-refractivity contribution is 5.79. The molecule has 0 spiro atoms. The Morgan fingerprint density at radius 1 is 1.26 bits per heavy atom. The maximum Gasteiger partial charge on any atom is 0.401 e. The van der Waals surface area contributed by atoms with E-state index < -0.39 is 12.7 Å². The van der Waals surface area contributed by atoms with E-state index in [0.717, 1.165) is 12.0 Å². The molecular formula is C19H28F4N4. The van der Waals surface area contributed by atoms with Crippen LogP contribution in [-0.4, -0.2) is 56.8 Å². The lowest BCUT2D eigenvalue weighted by molar-refractivity contribution is -0.143. The Labute approximate surface area is 158 Å². The predicted molar refractivity (Wildman–Crippen MR) is 99.4 cm³/mol. The van der Waals surface area contributed by atoms with Gasteiger partial charge in [0, 0.05) is 32.1 Å². The van der Waals surface area contributed by atoms with Gasteiger partial charge in [0.25, 0.3) is 0 Å². The molecule has 2 rings (SSSR count). The summed E-state index contributed by atoms with van der Waals surface area (Å²) in [5.74, 6) is 0.476. The number of rotatable bonds is 6. The van der Waals surface area contributed by atoms with E-state index in [-0.39, 0.29) is 17.2 Å². The molecule has 0 saturated carbocycles. The van der Waals surface area contributed by atoms with Gasteiger partial charge in [0.15, 0.2) is 5.96 Å². The molecular weight excluding hydrogens is 360 g/mol.